The summed E-state index contributed by atoms with van der Waals surface area (Å²) in [6.45, 7) is 1.81. The summed E-state index contributed by atoms with van der Waals surface area (Å²) in [5.74, 6) is 0. The highest BCUT2D eigenvalue weighted by Gasteiger charge is 2.58. The molecule has 3 N–H and O–H groups in total. The molecule has 14 heavy (non-hydrogen) atoms. The lowest BCUT2D eigenvalue weighted by Crippen LogP contribution is -2.62. The van der Waals surface area contributed by atoms with Gasteiger partial charge in [0.25, 0.3) is 0 Å². The first-order valence-electron chi connectivity index (χ1n) is 5.19. The maximum absolute atomic E-state index is 10.4. The van der Waals surface area contributed by atoms with Crippen LogP contribution in [0.1, 0.15) is 19.3 Å². The van der Waals surface area contributed by atoms with E-state index in [4.69, 9.17) is 15.2 Å². The molecule has 1 unspecified atom stereocenters. The van der Waals surface area contributed by atoms with Gasteiger partial charge in [-0.1, -0.05) is 0 Å². The van der Waals surface area contributed by atoms with E-state index in [9.17, 15) is 5.11 Å². The third kappa shape index (κ3) is 1.29. The minimum atomic E-state index is -0.654. The zero-order chi connectivity index (χ0) is 10.2. The van der Waals surface area contributed by atoms with Crippen molar-refractivity contribution in [1.82, 2.24) is 0 Å². The summed E-state index contributed by atoms with van der Waals surface area (Å²) in [5.41, 5.74) is 4.90. The van der Waals surface area contributed by atoms with E-state index in [1.165, 1.54) is 0 Å². The first-order chi connectivity index (χ1) is 6.66. The molecule has 2 fully saturated rings. The van der Waals surface area contributed by atoms with Crippen molar-refractivity contribution in [3.05, 3.63) is 0 Å². The average Bonchev–Trinajstić information content (AvgIpc) is 2.62. The van der Waals surface area contributed by atoms with Crippen LogP contribution >= 0.6 is 0 Å². The van der Waals surface area contributed by atoms with E-state index in [0.29, 0.717) is 26.0 Å². The van der Waals surface area contributed by atoms with Gasteiger partial charge in [-0.2, -0.15) is 0 Å². The second-order valence-corrected chi connectivity index (χ2v) is 4.58. The van der Waals surface area contributed by atoms with Gasteiger partial charge < -0.3 is 20.3 Å². The molecule has 0 aromatic carbocycles. The molecule has 0 aromatic rings. The zero-order valence-corrected chi connectivity index (χ0v) is 8.66. The zero-order valence-electron chi connectivity index (χ0n) is 8.66. The Kier molecular flexibility index (Phi) is 2.55. The van der Waals surface area contributed by atoms with E-state index in [2.05, 4.69) is 0 Å². The third-order valence-corrected chi connectivity index (χ3v) is 3.95. The summed E-state index contributed by atoms with van der Waals surface area (Å²) in [6, 6.07) is 0. The van der Waals surface area contributed by atoms with E-state index < -0.39 is 5.60 Å². The average molecular weight is 201 g/mol. The smallest absolute Gasteiger partial charge is 0.0788 e. The topological polar surface area (TPSA) is 64.7 Å². The molecule has 0 spiro atoms. The molecule has 2 rings (SSSR count). The Balaban J connectivity index is 2.05. The standard InChI is InChI=1S/C10H19NO3/c1-13-8-4-10(12,5-8)9(6-11)2-3-14-7-9/h8,12H,2-7,11H2,1H3. The Bertz CT molecular complexity index is 207. The van der Waals surface area contributed by atoms with Crippen molar-refractivity contribution in [1.29, 1.82) is 0 Å². The van der Waals surface area contributed by atoms with Gasteiger partial charge in [0.2, 0.25) is 0 Å². The van der Waals surface area contributed by atoms with Gasteiger partial charge in [0.15, 0.2) is 0 Å². The third-order valence-electron chi connectivity index (χ3n) is 3.95. The van der Waals surface area contributed by atoms with Gasteiger partial charge in [-0.25, -0.2) is 0 Å². The summed E-state index contributed by atoms with van der Waals surface area (Å²) in [4.78, 5) is 0. The minimum Gasteiger partial charge on any atom is -0.389 e. The number of aliphatic hydroxyl groups is 1. The first-order valence-corrected chi connectivity index (χ1v) is 5.19. The van der Waals surface area contributed by atoms with Gasteiger partial charge in [0, 0.05) is 38.5 Å². The van der Waals surface area contributed by atoms with Crippen LogP contribution in [0.25, 0.3) is 0 Å². The summed E-state index contributed by atoms with van der Waals surface area (Å²) in [5, 5.41) is 10.4. The van der Waals surface area contributed by atoms with Crippen LogP contribution in [-0.4, -0.2) is 43.7 Å². The fraction of sp³-hybridized carbons (Fsp3) is 1.00. The molecule has 0 radical (unpaired) electrons. The van der Waals surface area contributed by atoms with Crippen LogP contribution in [0.4, 0.5) is 0 Å². The number of nitrogens with two attached hydrogens (primary N) is 1. The predicted octanol–water partition coefficient (Wildman–Crippen LogP) is -0.108. The Labute approximate surface area is 84.4 Å². The van der Waals surface area contributed by atoms with E-state index in [1.807, 2.05) is 0 Å². The van der Waals surface area contributed by atoms with Gasteiger partial charge >= 0.3 is 0 Å². The van der Waals surface area contributed by atoms with Gasteiger partial charge in [-0.15, -0.1) is 0 Å². The Hall–Kier alpha value is -0.160. The normalized spacial score (nSPS) is 47.8. The molecule has 4 nitrogen and oxygen atoms in total. The van der Waals surface area contributed by atoms with Crippen LogP contribution in [-0.2, 0) is 9.47 Å². The Morgan fingerprint density at radius 2 is 2.29 bits per heavy atom. The van der Waals surface area contributed by atoms with Crippen LogP contribution in [0.15, 0.2) is 0 Å². The molecule has 1 saturated heterocycles. The summed E-state index contributed by atoms with van der Waals surface area (Å²) in [7, 11) is 1.69. The largest absolute Gasteiger partial charge is 0.389 e. The van der Waals surface area contributed by atoms with Crippen molar-refractivity contribution in [3.63, 3.8) is 0 Å². The maximum Gasteiger partial charge on any atom is 0.0788 e. The lowest BCUT2D eigenvalue weighted by molar-refractivity contribution is -0.193. The van der Waals surface area contributed by atoms with Gasteiger partial charge in [-0.05, 0) is 6.42 Å². The second kappa shape index (κ2) is 3.45. The molecule has 1 saturated carbocycles. The van der Waals surface area contributed by atoms with Gasteiger partial charge in [0.1, 0.15) is 0 Å². The van der Waals surface area contributed by atoms with Crippen LogP contribution in [0.3, 0.4) is 0 Å². The highest BCUT2D eigenvalue weighted by Crippen LogP contribution is 2.50. The maximum atomic E-state index is 10.4. The van der Waals surface area contributed by atoms with E-state index in [-0.39, 0.29) is 11.5 Å². The SMILES string of the molecule is COC1CC(O)(C2(CN)CCOC2)C1. The molecule has 1 aliphatic carbocycles. The molecule has 82 valence electrons. The molecule has 1 atom stereocenters. The molecule has 1 heterocycles. The molecular formula is C10H19NO3. The van der Waals surface area contributed by atoms with Crippen LogP contribution < -0.4 is 5.73 Å². The van der Waals surface area contributed by atoms with Crippen molar-refractivity contribution in [2.24, 2.45) is 11.1 Å². The monoisotopic (exact) mass is 201 g/mol. The lowest BCUT2D eigenvalue weighted by Gasteiger charge is -2.53. The van der Waals surface area contributed by atoms with Crippen LogP contribution in [0.2, 0.25) is 0 Å². The molecule has 0 amide bonds. The van der Waals surface area contributed by atoms with Crippen LogP contribution in [0.5, 0.6) is 0 Å². The van der Waals surface area contributed by atoms with E-state index in [0.717, 1.165) is 13.0 Å². The molecule has 2 aliphatic rings. The number of hydrogen-bond donors (Lipinski definition) is 2. The van der Waals surface area contributed by atoms with Gasteiger partial charge in [0.05, 0.1) is 18.3 Å². The van der Waals surface area contributed by atoms with E-state index >= 15 is 0 Å². The first kappa shape index (κ1) is 10.4. The summed E-state index contributed by atoms with van der Waals surface area (Å²) >= 11 is 0. The fourth-order valence-corrected chi connectivity index (χ4v) is 2.62. The van der Waals surface area contributed by atoms with Crippen molar-refractivity contribution in [2.75, 3.05) is 26.9 Å². The molecule has 0 aromatic heterocycles. The quantitative estimate of drug-likeness (QED) is 0.669. The highest BCUT2D eigenvalue weighted by molar-refractivity contribution is 5.09. The number of hydrogen-bond acceptors (Lipinski definition) is 4. The van der Waals surface area contributed by atoms with Crippen molar-refractivity contribution < 1.29 is 14.6 Å². The molecule has 0 bridgehead atoms. The summed E-state index contributed by atoms with van der Waals surface area (Å²) in [6.07, 6.45) is 2.47. The Morgan fingerprint density at radius 1 is 1.57 bits per heavy atom. The second-order valence-electron chi connectivity index (χ2n) is 4.58. The van der Waals surface area contributed by atoms with Crippen molar-refractivity contribution in [2.45, 2.75) is 31.0 Å². The molecule has 4 heteroatoms. The fourth-order valence-electron chi connectivity index (χ4n) is 2.62. The number of ether oxygens (including phenoxy) is 2. The van der Waals surface area contributed by atoms with Crippen LogP contribution in [0, 0.1) is 5.41 Å². The number of rotatable bonds is 3. The molecule has 1 aliphatic heterocycles. The Morgan fingerprint density at radius 3 is 2.71 bits per heavy atom. The lowest BCUT2D eigenvalue weighted by atomic mass is 9.59. The van der Waals surface area contributed by atoms with Gasteiger partial charge in [-0.3, -0.25) is 0 Å². The predicted molar refractivity (Wildman–Crippen MR) is 51.9 cm³/mol. The number of methoxy groups -OCH3 is 1. The van der Waals surface area contributed by atoms with E-state index in [1.54, 1.807) is 7.11 Å². The summed E-state index contributed by atoms with van der Waals surface area (Å²) < 4.78 is 10.6. The molecular weight excluding hydrogens is 182 g/mol. The van der Waals surface area contributed by atoms with Crippen molar-refractivity contribution in [3.8, 4) is 0 Å². The van der Waals surface area contributed by atoms with Crippen molar-refractivity contribution >= 4 is 0 Å². The highest BCUT2D eigenvalue weighted by atomic mass is 16.5. The minimum absolute atomic E-state index is 0.198.